The molecule has 154 valence electrons. The number of aryl methyl sites for hydroxylation is 1. The molecular formula is C20H21ClN2O4S2. The number of hydrogen-bond acceptors (Lipinski definition) is 5. The molecule has 0 bridgehead atoms. The average molecular weight is 453 g/mol. The summed E-state index contributed by atoms with van der Waals surface area (Å²) in [4.78, 5) is 25.2. The number of benzene rings is 2. The Morgan fingerprint density at radius 2 is 2.03 bits per heavy atom. The summed E-state index contributed by atoms with van der Waals surface area (Å²) >= 11 is 7.42. The molecule has 9 heteroatoms. The van der Waals surface area contributed by atoms with Gasteiger partial charge in [0.15, 0.2) is 9.84 Å². The normalized spacial score (nSPS) is 15.1. The zero-order chi connectivity index (χ0) is 21.2. The lowest BCUT2D eigenvalue weighted by Crippen LogP contribution is -2.27. The Labute approximate surface area is 179 Å². The van der Waals surface area contributed by atoms with Crippen molar-refractivity contribution in [2.45, 2.75) is 30.1 Å². The van der Waals surface area contributed by atoms with E-state index in [0.29, 0.717) is 28.6 Å². The van der Waals surface area contributed by atoms with Crippen LogP contribution in [0.2, 0.25) is 5.02 Å². The number of rotatable bonds is 5. The standard InChI is InChI=1S/C20H21ClN2O4S2/c1-12-9-14(21)3-5-16(12)23-20(25)13(2)11-29(26,27)15-4-6-18-17(10-15)22-19(24)7-8-28-18/h3-6,9-10,13H,7-8,11H2,1-2H3,(H,22,24)(H,23,25)/t13-/m1/s1. The van der Waals surface area contributed by atoms with Crippen LogP contribution in [0.1, 0.15) is 18.9 Å². The van der Waals surface area contributed by atoms with E-state index in [1.54, 1.807) is 31.2 Å². The van der Waals surface area contributed by atoms with Gasteiger partial charge in [0.05, 0.1) is 16.3 Å². The highest BCUT2D eigenvalue weighted by atomic mass is 35.5. The highest BCUT2D eigenvalue weighted by Gasteiger charge is 2.25. The van der Waals surface area contributed by atoms with Crippen LogP contribution < -0.4 is 10.6 Å². The number of halogens is 1. The molecule has 1 atom stereocenters. The van der Waals surface area contributed by atoms with E-state index in [1.807, 2.05) is 6.92 Å². The van der Waals surface area contributed by atoms with E-state index in [0.717, 1.165) is 10.5 Å². The minimum absolute atomic E-state index is 0.0846. The minimum atomic E-state index is -3.72. The zero-order valence-corrected chi connectivity index (χ0v) is 18.4. The maximum Gasteiger partial charge on any atom is 0.228 e. The van der Waals surface area contributed by atoms with Gasteiger partial charge in [-0.25, -0.2) is 8.42 Å². The van der Waals surface area contributed by atoms with Crippen molar-refractivity contribution in [3.63, 3.8) is 0 Å². The highest BCUT2D eigenvalue weighted by Crippen LogP contribution is 2.33. The summed E-state index contributed by atoms with van der Waals surface area (Å²) in [6.45, 7) is 3.38. The van der Waals surface area contributed by atoms with Crippen LogP contribution in [0.4, 0.5) is 11.4 Å². The topological polar surface area (TPSA) is 92.3 Å². The molecule has 1 aliphatic heterocycles. The molecule has 6 nitrogen and oxygen atoms in total. The van der Waals surface area contributed by atoms with Crippen molar-refractivity contribution in [3.05, 3.63) is 47.0 Å². The molecule has 2 N–H and O–H groups in total. The van der Waals surface area contributed by atoms with Crippen molar-refractivity contribution in [1.29, 1.82) is 0 Å². The molecule has 0 saturated heterocycles. The maximum absolute atomic E-state index is 12.8. The predicted octanol–water partition coefficient (Wildman–Crippen LogP) is 4.13. The monoisotopic (exact) mass is 452 g/mol. The van der Waals surface area contributed by atoms with E-state index in [-0.39, 0.29) is 16.6 Å². The third-order valence-electron chi connectivity index (χ3n) is 4.53. The molecular weight excluding hydrogens is 432 g/mol. The molecule has 0 fully saturated rings. The van der Waals surface area contributed by atoms with Crippen LogP contribution in [0.25, 0.3) is 0 Å². The van der Waals surface area contributed by atoms with E-state index < -0.39 is 21.7 Å². The largest absolute Gasteiger partial charge is 0.326 e. The number of hydrogen-bond donors (Lipinski definition) is 2. The van der Waals surface area contributed by atoms with Crippen LogP contribution in [0.3, 0.4) is 0 Å². The molecule has 2 aromatic carbocycles. The van der Waals surface area contributed by atoms with Gasteiger partial charge >= 0.3 is 0 Å². The van der Waals surface area contributed by atoms with Crippen molar-refractivity contribution in [1.82, 2.24) is 0 Å². The number of sulfone groups is 1. The van der Waals surface area contributed by atoms with Gasteiger partial charge in [-0.05, 0) is 48.9 Å². The second-order valence-corrected chi connectivity index (χ2v) is 10.5. The second kappa shape index (κ2) is 8.77. The van der Waals surface area contributed by atoms with E-state index in [2.05, 4.69) is 10.6 Å². The molecule has 2 amide bonds. The van der Waals surface area contributed by atoms with Gasteiger partial charge in [0, 0.05) is 33.7 Å². The summed E-state index contributed by atoms with van der Waals surface area (Å²) < 4.78 is 25.7. The third kappa shape index (κ3) is 5.32. The molecule has 29 heavy (non-hydrogen) atoms. The van der Waals surface area contributed by atoms with Gasteiger partial charge < -0.3 is 10.6 Å². The van der Waals surface area contributed by atoms with Crippen LogP contribution >= 0.6 is 23.4 Å². The predicted molar refractivity (Wildman–Crippen MR) is 116 cm³/mol. The molecule has 0 spiro atoms. The lowest BCUT2D eigenvalue weighted by Gasteiger charge is -2.15. The molecule has 1 heterocycles. The van der Waals surface area contributed by atoms with E-state index >= 15 is 0 Å². The van der Waals surface area contributed by atoms with Crippen molar-refractivity contribution in [2.75, 3.05) is 22.1 Å². The van der Waals surface area contributed by atoms with Crippen LogP contribution in [-0.2, 0) is 19.4 Å². The van der Waals surface area contributed by atoms with E-state index in [9.17, 15) is 18.0 Å². The first-order valence-electron chi connectivity index (χ1n) is 9.02. The molecule has 0 aliphatic carbocycles. The van der Waals surface area contributed by atoms with E-state index in [4.69, 9.17) is 11.6 Å². The highest BCUT2D eigenvalue weighted by molar-refractivity contribution is 7.99. The van der Waals surface area contributed by atoms with Crippen molar-refractivity contribution in [2.24, 2.45) is 5.92 Å². The summed E-state index contributed by atoms with van der Waals surface area (Å²) in [7, 11) is -3.72. The molecule has 3 rings (SSSR count). The minimum Gasteiger partial charge on any atom is -0.326 e. The Balaban J connectivity index is 1.74. The Bertz CT molecular complexity index is 1070. The average Bonchev–Trinajstić information content (AvgIpc) is 2.83. The zero-order valence-electron chi connectivity index (χ0n) is 16.0. The van der Waals surface area contributed by atoms with Crippen LogP contribution in [0.15, 0.2) is 46.2 Å². The van der Waals surface area contributed by atoms with Crippen molar-refractivity contribution >= 4 is 56.4 Å². The summed E-state index contributed by atoms with van der Waals surface area (Å²) in [5.41, 5.74) is 1.88. The maximum atomic E-state index is 12.8. The number of amides is 2. The van der Waals surface area contributed by atoms with Crippen molar-refractivity contribution in [3.8, 4) is 0 Å². The molecule has 0 unspecified atom stereocenters. The van der Waals surface area contributed by atoms with Gasteiger partial charge in [0.2, 0.25) is 11.8 Å². The number of carbonyl (C=O) groups is 2. The quantitative estimate of drug-likeness (QED) is 0.711. The number of carbonyl (C=O) groups excluding carboxylic acids is 2. The molecule has 1 aliphatic rings. The van der Waals surface area contributed by atoms with Gasteiger partial charge in [-0.2, -0.15) is 0 Å². The van der Waals surface area contributed by atoms with Gasteiger partial charge in [-0.1, -0.05) is 18.5 Å². The molecule has 0 saturated carbocycles. The first kappa shape index (κ1) is 21.7. The Hall–Kier alpha value is -2.03. The van der Waals surface area contributed by atoms with Gasteiger partial charge in [0.1, 0.15) is 0 Å². The first-order valence-corrected chi connectivity index (χ1v) is 12.0. The van der Waals surface area contributed by atoms with Gasteiger partial charge in [-0.15, -0.1) is 11.8 Å². The fourth-order valence-corrected chi connectivity index (χ4v) is 5.66. The Morgan fingerprint density at radius 3 is 2.76 bits per heavy atom. The van der Waals surface area contributed by atoms with Gasteiger partial charge in [0.25, 0.3) is 0 Å². The number of thioether (sulfide) groups is 1. The Morgan fingerprint density at radius 1 is 1.28 bits per heavy atom. The first-order chi connectivity index (χ1) is 13.7. The molecule has 2 aromatic rings. The number of anilines is 2. The fourth-order valence-electron chi connectivity index (χ4n) is 2.92. The molecule has 0 radical (unpaired) electrons. The second-order valence-electron chi connectivity index (χ2n) is 6.94. The number of fused-ring (bicyclic) bond motifs is 1. The number of nitrogens with one attached hydrogen (secondary N) is 2. The molecule has 0 aromatic heterocycles. The smallest absolute Gasteiger partial charge is 0.228 e. The summed E-state index contributed by atoms with van der Waals surface area (Å²) in [6.07, 6.45) is 0.378. The lowest BCUT2D eigenvalue weighted by atomic mass is 10.1. The summed E-state index contributed by atoms with van der Waals surface area (Å²) in [5, 5.41) is 6.05. The third-order valence-corrected chi connectivity index (χ3v) is 7.76. The van der Waals surface area contributed by atoms with Gasteiger partial charge in [-0.3, -0.25) is 9.59 Å². The van der Waals surface area contributed by atoms with Crippen LogP contribution in [-0.4, -0.2) is 31.7 Å². The van der Waals surface area contributed by atoms with Crippen LogP contribution in [0, 0.1) is 12.8 Å². The summed E-state index contributed by atoms with van der Waals surface area (Å²) in [5.74, 6) is -0.996. The lowest BCUT2D eigenvalue weighted by molar-refractivity contribution is -0.119. The SMILES string of the molecule is Cc1cc(Cl)ccc1NC(=O)[C@H](C)CS(=O)(=O)c1ccc2c(c1)NC(=O)CCS2. The Kier molecular flexibility index (Phi) is 6.55. The fraction of sp³-hybridized carbons (Fsp3) is 0.300. The van der Waals surface area contributed by atoms with E-state index in [1.165, 1.54) is 23.9 Å². The van der Waals surface area contributed by atoms with Crippen LogP contribution in [0.5, 0.6) is 0 Å². The summed E-state index contributed by atoms with van der Waals surface area (Å²) in [6, 6.07) is 9.75. The van der Waals surface area contributed by atoms with Crippen molar-refractivity contribution < 1.29 is 18.0 Å².